The van der Waals surface area contributed by atoms with Crippen molar-refractivity contribution in [1.29, 1.82) is 0 Å². The van der Waals surface area contributed by atoms with Gasteiger partial charge in [-0.1, -0.05) is 55.5 Å². The van der Waals surface area contributed by atoms with Crippen molar-refractivity contribution in [1.82, 2.24) is 20.3 Å². The first kappa shape index (κ1) is 21.3. The molecule has 1 unspecified atom stereocenters. The first-order valence-electron chi connectivity index (χ1n) is 10.0. The summed E-state index contributed by atoms with van der Waals surface area (Å²) in [5, 5.41) is 0. The molecule has 3 aromatic rings. The number of carbonyl (C=O) groups is 2. The molecule has 2 N–H and O–H groups in total. The van der Waals surface area contributed by atoms with Crippen molar-refractivity contribution in [3.05, 3.63) is 89.2 Å². The molecule has 6 nitrogen and oxygen atoms in total. The van der Waals surface area contributed by atoms with E-state index < -0.39 is 6.04 Å². The van der Waals surface area contributed by atoms with Crippen LogP contribution < -0.4 is 10.9 Å². The molecule has 0 aliphatic heterocycles. The minimum Gasteiger partial charge on any atom is -0.318 e. The number of aryl methyl sites for hydroxylation is 1. The van der Waals surface area contributed by atoms with Crippen LogP contribution in [0.4, 0.5) is 0 Å². The summed E-state index contributed by atoms with van der Waals surface area (Å²) < 4.78 is 2.02. The van der Waals surface area contributed by atoms with E-state index in [1.54, 1.807) is 0 Å². The van der Waals surface area contributed by atoms with Gasteiger partial charge in [-0.2, -0.15) is 0 Å². The van der Waals surface area contributed by atoms with E-state index in [4.69, 9.17) is 0 Å². The number of hydrogen-bond acceptors (Lipinski definition) is 3. The Labute approximate surface area is 177 Å². The Morgan fingerprint density at radius 2 is 1.57 bits per heavy atom. The molecule has 1 aromatic heterocycles. The average molecular weight is 405 g/mol. The highest BCUT2D eigenvalue weighted by Crippen LogP contribution is 2.21. The monoisotopic (exact) mass is 404 g/mol. The summed E-state index contributed by atoms with van der Waals surface area (Å²) in [5.41, 5.74) is 9.33. The number of amides is 2. The van der Waals surface area contributed by atoms with Gasteiger partial charge >= 0.3 is 0 Å². The Hall–Kier alpha value is -3.38. The number of likely N-dealkylation sites (N-methyl/N-ethyl adjacent to an activating group) is 1. The molecule has 1 heterocycles. The van der Waals surface area contributed by atoms with Crippen LogP contribution in [0.2, 0.25) is 0 Å². The molecule has 0 aliphatic rings. The molecular formula is C24H28N4O2. The SMILES string of the molecule is CCN(C)C(C(=O)NNC(=O)c1cc(C)n(-c2ccccc2)c1C)c1ccccc1. The van der Waals surface area contributed by atoms with Crippen LogP contribution in [0.5, 0.6) is 0 Å². The second kappa shape index (κ2) is 9.41. The number of hydrazine groups is 1. The lowest BCUT2D eigenvalue weighted by Crippen LogP contribution is -2.47. The number of hydrogen-bond donors (Lipinski definition) is 2. The van der Waals surface area contributed by atoms with Gasteiger partial charge in [0.25, 0.3) is 11.8 Å². The minimum atomic E-state index is -0.492. The molecule has 2 aromatic carbocycles. The van der Waals surface area contributed by atoms with Crippen LogP contribution in [-0.4, -0.2) is 34.9 Å². The van der Waals surface area contributed by atoms with E-state index in [9.17, 15) is 9.59 Å². The maximum Gasteiger partial charge on any atom is 0.271 e. The number of rotatable bonds is 6. The van der Waals surface area contributed by atoms with Crippen molar-refractivity contribution in [3.8, 4) is 5.69 Å². The van der Waals surface area contributed by atoms with E-state index in [0.717, 1.165) is 22.6 Å². The minimum absolute atomic E-state index is 0.282. The van der Waals surface area contributed by atoms with Crippen LogP contribution in [0.15, 0.2) is 66.7 Å². The summed E-state index contributed by atoms with van der Waals surface area (Å²) in [5.74, 6) is -0.625. The Morgan fingerprint density at radius 3 is 2.17 bits per heavy atom. The van der Waals surface area contributed by atoms with E-state index in [-0.39, 0.29) is 11.8 Å². The molecule has 156 valence electrons. The lowest BCUT2D eigenvalue weighted by atomic mass is 10.1. The largest absolute Gasteiger partial charge is 0.318 e. The van der Waals surface area contributed by atoms with Gasteiger partial charge in [-0.05, 0) is 51.2 Å². The fourth-order valence-electron chi connectivity index (χ4n) is 3.65. The summed E-state index contributed by atoms with van der Waals surface area (Å²) >= 11 is 0. The molecule has 1 atom stereocenters. The summed E-state index contributed by atoms with van der Waals surface area (Å²) in [6.45, 7) is 6.53. The molecule has 6 heteroatoms. The number of aromatic nitrogens is 1. The maximum atomic E-state index is 12.9. The Bertz CT molecular complexity index is 1010. The summed E-state index contributed by atoms with van der Waals surface area (Å²) in [4.78, 5) is 27.6. The summed E-state index contributed by atoms with van der Waals surface area (Å²) in [6.07, 6.45) is 0. The molecule has 3 rings (SSSR count). The van der Waals surface area contributed by atoms with Crippen molar-refractivity contribution in [2.75, 3.05) is 13.6 Å². The second-order valence-electron chi connectivity index (χ2n) is 7.29. The molecule has 0 saturated carbocycles. The van der Waals surface area contributed by atoms with Crippen LogP contribution in [0.25, 0.3) is 5.69 Å². The molecule has 30 heavy (non-hydrogen) atoms. The van der Waals surface area contributed by atoms with Gasteiger partial charge in [-0.3, -0.25) is 25.3 Å². The predicted molar refractivity (Wildman–Crippen MR) is 118 cm³/mol. The molecule has 2 amide bonds. The smallest absolute Gasteiger partial charge is 0.271 e. The van der Waals surface area contributed by atoms with Crippen LogP contribution >= 0.6 is 0 Å². The molecule has 0 bridgehead atoms. The van der Waals surface area contributed by atoms with Gasteiger partial charge in [0.15, 0.2) is 0 Å². The van der Waals surface area contributed by atoms with Gasteiger partial charge in [-0.15, -0.1) is 0 Å². The average Bonchev–Trinajstić information content (AvgIpc) is 3.07. The lowest BCUT2D eigenvalue weighted by molar-refractivity contribution is -0.127. The van der Waals surface area contributed by atoms with Crippen LogP contribution in [0, 0.1) is 13.8 Å². The topological polar surface area (TPSA) is 66.4 Å². The zero-order chi connectivity index (χ0) is 21.7. The van der Waals surface area contributed by atoms with Gasteiger partial charge < -0.3 is 4.57 Å². The van der Waals surface area contributed by atoms with Crippen LogP contribution in [-0.2, 0) is 4.79 Å². The standard InChI is InChI=1S/C24H28N4O2/c1-5-27(4)22(19-12-8-6-9-13-19)24(30)26-25-23(29)21-16-17(2)28(18(21)3)20-14-10-7-11-15-20/h6-16,22H,5H2,1-4H3,(H,25,29)(H,26,30). The third kappa shape index (κ3) is 4.44. The van der Waals surface area contributed by atoms with Gasteiger partial charge in [0.2, 0.25) is 0 Å². The van der Waals surface area contributed by atoms with Crippen molar-refractivity contribution in [2.45, 2.75) is 26.8 Å². The Balaban J connectivity index is 1.76. The number of carbonyl (C=O) groups excluding carboxylic acids is 2. The maximum absolute atomic E-state index is 12.9. The van der Waals surface area contributed by atoms with Crippen molar-refractivity contribution in [2.24, 2.45) is 0 Å². The zero-order valence-electron chi connectivity index (χ0n) is 17.8. The van der Waals surface area contributed by atoms with Crippen LogP contribution in [0.1, 0.15) is 40.3 Å². The lowest BCUT2D eigenvalue weighted by Gasteiger charge is -2.26. The molecule has 0 spiro atoms. The quantitative estimate of drug-likeness (QED) is 0.618. The fourth-order valence-corrected chi connectivity index (χ4v) is 3.65. The number of benzene rings is 2. The summed E-state index contributed by atoms with van der Waals surface area (Å²) in [6, 6.07) is 20.7. The van der Waals surface area contributed by atoms with Gasteiger partial charge in [0.1, 0.15) is 6.04 Å². The van der Waals surface area contributed by atoms with Crippen molar-refractivity contribution in [3.63, 3.8) is 0 Å². The highest BCUT2D eigenvalue weighted by molar-refractivity contribution is 5.97. The van der Waals surface area contributed by atoms with E-state index in [2.05, 4.69) is 10.9 Å². The van der Waals surface area contributed by atoms with E-state index in [1.807, 2.05) is 104 Å². The van der Waals surface area contributed by atoms with Gasteiger partial charge in [0.05, 0.1) is 5.56 Å². The second-order valence-corrected chi connectivity index (χ2v) is 7.29. The molecule has 0 fully saturated rings. The fraction of sp³-hybridized carbons (Fsp3) is 0.250. The molecule has 0 radical (unpaired) electrons. The highest BCUT2D eigenvalue weighted by Gasteiger charge is 2.25. The third-order valence-corrected chi connectivity index (χ3v) is 5.29. The third-order valence-electron chi connectivity index (χ3n) is 5.29. The van der Waals surface area contributed by atoms with Crippen molar-refractivity contribution < 1.29 is 9.59 Å². The Morgan fingerprint density at radius 1 is 0.967 bits per heavy atom. The normalized spacial score (nSPS) is 11.9. The van der Waals surface area contributed by atoms with E-state index in [0.29, 0.717) is 12.1 Å². The predicted octanol–water partition coefficient (Wildman–Crippen LogP) is 3.55. The number of nitrogens with zero attached hydrogens (tertiary/aromatic N) is 2. The molecule has 0 saturated heterocycles. The molecular weight excluding hydrogens is 376 g/mol. The zero-order valence-corrected chi connectivity index (χ0v) is 17.8. The highest BCUT2D eigenvalue weighted by atomic mass is 16.2. The van der Waals surface area contributed by atoms with E-state index >= 15 is 0 Å². The van der Waals surface area contributed by atoms with Gasteiger partial charge in [0, 0.05) is 17.1 Å². The first-order chi connectivity index (χ1) is 14.4. The van der Waals surface area contributed by atoms with Gasteiger partial charge in [-0.25, -0.2) is 0 Å². The Kier molecular flexibility index (Phi) is 6.69. The van der Waals surface area contributed by atoms with E-state index in [1.165, 1.54) is 0 Å². The van der Waals surface area contributed by atoms with Crippen molar-refractivity contribution >= 4 is 11.8 Å². The number of nitrogens with one attached hydrogen (secondary N) is 2. The van der Waals surface area contributed by atoms with Crippen LogP contribution in [0.3, 0.4) is 0 Å². The molecule has 0 aliphatic carbocycles. The number of para-hydroxylation sites is 1. The summed E-state index contributed by atoms with van der Waals surface area (Å²) in [7, 11) is 1.88. The first-order valence-corrected chi connectivity index (χ1v) is 10.0.